The Balaban J connectivity index is 1.86. The second-order valence-corrected chi connectivity index (χ2v) is 6.32. The van der Waals surface area contributed by atoms with Gasteiger partial charge in [0.25, 0.3) is 0 Å². The number of rotatable bonds is 3. The predicted octanol–water partition coefficient (Wildman–Crippen LogP) is 3.25. The van der Waals surface area contributed by atoms with E-state index in [0.717, 1.165) is 12.8 Å². The summed E-state index contributed by atoms with van der Waals surface area (Å²) in [4.78, 5) is 12.6. The summed E-state index contributed by atoms with van der Waals surface area (Å²) in [6, 6.07) is 7.00. The Hall–Kier alpha value is -1.81. The lowest BCUT2D eigenvalue weighted by molar-refractivity contribution is -0.126. The summed E-state index contributed by atoms with van der Waals surface area (Å²) < 4.78 is 5.10. The van der Waals surface area contributed by atoms with E-state index in [2.05, 4.69) is 0 Å². The highest BCUT2D eigenvalue weighted by molar-refractivity contribution is 6.05. The van der Waals surface area contributed by atoms with Gasteiger partial charge in [-0.1, -0.05) is 12.8 Å². The number of Topliss-reactive ketones (excluding diaryl/α,β-unsaturated/α-hetero) is 1. The zero-order chi connectivity index (χ0) is 15.7. The molecule has 4 heteroatoms. The molecule has 3 rings (SSSR count). The molecule has 0 aliphatic heterocycles. The van der Waals surface area contributed by atoms with E-state index in [4.69, 9.17) is 4.74 Å². The van der Waals surface area contributed by atoms with Crippen molar-refractivity contribution in [3.63, 3.8) is 0 Å². The third kappa shape index (κ3) is 2.52. The van der Waals surface area contributed by atoms with Crippen LogP contribution < -0.4 is 4.74 Å². The fourth-order valence-electron chi connectivity index (χ4n) is 3.76. The minimum Gasteiger partial charge on any atom is -0.507 e. The Labute approximate surface area is 130 Å². The molecule has 2 saturated carbocycles. The van der Waals surface area contributed by atoms with Crippen molar-refractivity contribution in [2.75, 3.05) is 7.11 Å². The van der Waals surface area contributed by atoms with Gasteiger partial charge < -0.3 is 14.9 Å². The first-order valence-electron chi connectivity index (χ1n) is 7.88. The lowest BCUT2D eigenvalue weighted by Gasteiger charge is -2.27. The Bertz CT molecular complexity index is 594. The normalized spacial score (nSPS) is 26.3. The first-order chi connectivity index (χ1) is 10.5. The van der Waals surface area contributed by atoms with Crippen LogP contribution in [0, 0.1) is 5.92 Å². The van der Waals surface area contributed by atoms with Gasteiger partial charge >= 0.3 is 0 Å². The Morgan fingerprint density at radius 2 is 1.86 bits per heavy atom. The molecule has 22 heavy (non-hydrogen) atoms. The standard InChI is InChI=1S/C18H22O4/c1-22-13-6-4-12(5-7-13)16(19)14-8-9-15(17(14)20)18(21)10-2-3-11-18/h4-7,15,19,21H,2-3,8-11H2,1H3/b16-14+. The molecule has 0 amide bonds. The number of carbonyl (C=O) groups is 1. The third-order valence-corrected chi connectivity index (χ3v) is 5.06. The summed E-state index contributed by atoms with van der Waals surface area (Å²) in [5.41, 5.74) is 0.206. The van der Waals surface area contributed by atoms with E-state index in [-0.39, 0.29) is 17.5 Å². The molecule has 2 N–H and O–H groups in total. The number of benzene rings is 1. The Morgan fingerprint density at radius 3 is 2.45 bits per heavy atom. The van der Waals surface area contributed by atoms with E-state index in [9.17, 15) is 15.0 Å². The number of carbonyl (C=O) groups excluding carboxylic acids is 1. The van der Waals surface area contributed by atoms with Crippen LogP contribution in [0.15, 0.2) is 29.8 Å². The molecule has 0 bridgehead atoms. The van der Waals surface area contributed by atoms with Gasteiger partial charge in [-0.2, -0.15) is 0 Å². The van der Waals surface area contributed by atoms with Crippen molar-refractivity contribution < 1.29 is 19.7 Å². The van der Waals surface area contributed by atoms with Gasteiger partial charge in [0.2, 0.25) is 0 Å². The fourth-order valence-corrected chi connectivity index (χ4v) is 3.76. The molecule has 4 nitrogen and oxygen atoms in total. The number of methoxy groups -OCH3 is 1. The van der Waals surface area contributed by atoms with Crippen molar-refractivity contribution >= 4 is 11.5 Å². The molecular weight excluding hydrogens is 280 g/mol. The second-order valence-electron chi connectivity index (χ2n) is 6.32. The molecule has 1 unspecified atom stereocenters. The summed E-state index contributed by atoms with van der Waals surface area (Å²) in [5, 5.41) is 21.1. The van der Waals surface area contributed by atoms with Crippen molar-refractivity contribution in [3.05, 3.63) is 35.4 Å². The van der Waals surface area contributed by atoms with Gasteiger partial charge in [-0.25, -0.2) is 0 Å². The largest absolute Gasteiger partial charge is 0.507 e. The molecule has 2 aliphatic carbocycles. The van der Waals surface area contributed by atoms with Crippen LogP contribution in [-0.4, -0.2) is 28.7 Å². The first-order valence-corrected chi connectivity index (χ1v) is 7.88. The van der Waals surface area contributed by atoms with Gasteiger partial charge in [0.05, 0.1) is 18.6 Å². The molecule has 1 aromatic carbocycles. The maximum atomic E-state index is 12.6. The Morgan fingerprint density at radius 1 is 1.23 bits per heavy atom. The SMILES string of the molecule is COc1ccc(/C(O)=C2/CCC(C3(O)CCCC3)C2=O)cc1. The number of aliphatic hydroxyl groups is 2. The summed E-state index contributed by atoms with van der Waals surface area (Å²) in [5.74, 6) is 0.303. The van der Waals surface area contributed by atoms with Crippen molar-refractivity contribution in [2.45, 2.75) is 44.1 Å². The summed E-state index contributed by atoms with van der Waals surface area (Å²) >= 11 is 0. The Kier molecular flexibility index (Phi) is 3.96. The quantitative estimate of drug-likeness (QED) is 0.664. The van der Waals surface area contributed by atoms with Gasteiger partial charge in [-0.3, -0.25) is 4.79 Å². The summed E-state index contributed by atoms with van der Waals surface area (Å²) in [6.07, 6.45) is 4.50. The monoisotopic (exact) mass is 302 g/mol. The highest BCUT2D eigenvalue weighted by Crippen LogP contribution is 2.44. The van der Waals surface area contributed by atoms with Crippen molar-refractivity contribution in [3.8, 4) is 5.75 Å². The zero-order valence-corrected chi connectivity index (χ0v) is 12.8. The van der Waals surface area contributed by atoms with Crippen molar-refractivity contribution in [2.24, 2.45) is 5.92 Å². The maximum absolute atomic E-state index is 12.6. The number of allylic oxidation sites excluding steroid dienone is 1. The number of hydrogen-bond donors (Lipinski definition) is 2. The van der Waals surface area contributed by atoms with Crippen molar-refractivity contribution in [1.29, 1.82) is 0 Å². The van der Waals surface area contributed by atoms with E-state index in [0.29, 0.717) is 42.6 Å². The molecule has 0 heterocycles. The van der Waals surface area contributed by atoms with Crippen LogP contribution in [0.1, 0.15) is 44.1 Å². The first kappa shape index (κ1) is 15.1. The van der Waals surface area contributed by atoms with Crippen LogP contribution in [0.3, 0.4) is 0 Å². The van der Waals surface area contributed by atoms with E-state index >= 15 is 0 Å². The van der Waals surface area contributed by atoms with Gasteiger partial charge in [0, 0.05) is 11.1 Å². The van der Waals surface area contributed by atoms with Gasteiger partial charge in [0.15, 0.2) is 5.78 Å². The van der Waals surface area contributed by atoms with Gasteiger partial charge in [-0.15, -0.1) is 0 Å². The number of aliphatic hydroxyl groups excluding tert-OH is 1. The van der Waals surface area contributed by atoms with Crippen LogP contribution in [0.2, 0.25) is 0 Å². The smallest absolute Gasteiger partial charge is 0.168 e. The van der Waals surface area contributed by atoms with Crippen LogP contribution in [0.5, 0.6) is 5.75 Å². The van der Waals surface area contributed by atoms with E-state index in [1.807, 2.05) is 0 Å². The average Bonchev–Trinajstić information content (AvgIpc) is 3.14. The van der Waals surface area contributed by atoms with E-state index in [1.165, 1.54) is 0 Å². The van der Waals surface area contributed by atoms with E-state index in [1.54, 1.807) is 31.4 Å². The predicted molar refractivity (Wildman–Crippen MR) is 83.7 cm³/mol. The average molecular weight is 302 g/mol. The third-order valence-electron chi connectivity index (χ3n) is 5.06. The molecular formula is C18H22O4. The number of ketones is 1. The zero-order valence-electron chi connectivity index (χ0n) is 12.8. The molecule has 118 valence electrons. The van der Waals surface area contributed by atoms with Crippen LogP contribution in [0.25, 0.3) is 5.76 Å². The molecule has 0 aromatic heterocycles. The molecule has 1 aromatic rings. The minimum absolute atomic E-state index is 0.0387. The molecule has 1 atom stereocenters. The topological polar surface area (TPSA) is 66.8 Å². The van der Waals surface area contributed by atoms with Crippen LogP contribution >= 0.6 is 0 Å². The van der Waals surface area contributed by atoms with Gasteiger partial charge in [0.1, 0.15) is 11.5 Å². The maximum Gasteiger partial charge on any atom is 0.168 e. The summed E-state index contributed by atoms with van der Waals surface area (Å²) in [6.45, 7) is 0. The lowest BCUT2D eigenvalue weighted by atomic mass is 9.83. The summed E-state index contributed by atoms with van der Waals surface area (Å²) in [7, 11) is 1.58. The lowest BCUT2D eigenvalue weighted by Crippen LogP contribution is -2.37. The molecule has 2 aliphatic rings. The van der Waals surface area contributed by atoms with E-state index < -0.39 is 5.60 Å². The van der Waals surface area contributed by atoms with Crippen molar-refractivity contribution in [1.82, 2.24) is 0 Å². The van der Waals surface area contributed by atoms with Crippen LogP contribution in [0.4, 0.5) is 0 Å². The minimum atomic E-state index is -0.862. The fraction of sp³-hybridized carbons (Fsp3) is 0.500. The van der Waals surface area contributed by atoms with Gasteiger partial charge in [-0.05, 0) is 49.9 Å². The van der Waals surface area contributed by atoms with Crippen LogP contribution in [-0.2, 0) is 4.79 Å². The number of hydrogen-bond acceptors (Lipinski definition) is 4. The number of ether oxygens (including phenoxy) is 1. The highest BCUT2D eigenvalue weighted by atomic mass is 16.5. The molecule has 0 spiro atoms. The molecule has 2 fully saturated rings. The second kappa shape index (κ2) is 5.76. The molecule has 0 saturated heterocycles. The highest BCUT2D eigenvalue weighted by Gasteiger charge is 2.47. The molecule has 0 radical (unpaired) electrons.